The number of halogens is 1. The standard InChI is InChI=1S/C15H10ClNO3/c1-17-10-4-5-11(18)13-12(10)14(19)8-3-2-7(16)6-9(8)15(13)20/h2-6,17-18H,1H3. The first-order chi connectivity index (χ1) is 9.54. The van der Waals surface area contributed by atoms with Gasteiger partial charge in [-0.2, -0.15) is 0 Å². The summed E-state index contributed by atoms with van der Waals surface area (Å²) in [5, 5.41) is 13.2. The maximum Gasteiger partial charge on any atom is 0.198 e. The summed E-state index contributed by atoms with van der Waals surface area (Å²) < 4.78 is 0. The number of rotatable bonds is 1. The van der Waals surface area contributed by atoms with E-state index in [1.165, 1.54) is 18.2 Å². The SMILES string of the molecule is CNc1ccc(O)c2c1C(=O)c1ccc(Cl)cc1C2=O. The molecule has 0 fully saturated rings. The topological polar surface area (TPSA) is 66.4 Å². The number of fused-ring (bicyclic) bond motifs is 2. The lowest BCUT2D eigenvalue weighted by Crippen LogP contribution is -2.22. The summed E-state index contributed by atoms with van der Waals surface area (Å²) in [4.78, 5) is 25.0. The minimum absolute atomic E-state index is 0.0246. The average molecular weight is 288 g/mol. The van der Waals surface area contributed by atoms with Crippen molar-refractivity contribution in [1.29, 1.82) is 0 Å². The summed E-state index contributed by atoms with van der Waals surface area (Å²) in [7, 11) is 1.65. The van der Waals surface area contributed by atoms with Crippen molar-refractivity contribution in [2.75, 3.05) is 12.4 Å². The molecule has 3 rings (SSSR count). The lowest BCUT2D eigenvalue weighted by molar-refractivity contribution is 0.0977. The molecular formula is C15H10ClNO3. The number of phenols is 1. The summed E-state index contributed by atoms with van der Waals surface area (Å²) in [6.07, 6.45) is 0. The van der Waals surface area contributed by atoms with E-state index in [9.17, 15) is 14.7 Å². The molecule has 0 saturated heterocycles. The highest BCUT2D eigenvalue weighted by Gasteiger charge is 2.34. The van der Waals surface area contributed by atoms with Gasteiger partial charge < -0.3 is 10.4 Å². The molecule has 0 unspecified atom stereocenters. The number of aromatic hydroxyl groups is 1. The molecule has 0 aromatic heterocycles. The Balaban J connectivity index is 2.37. The fraction of sp³-hybridized carbons (Fsp3) is 0.0667. The first kappa shape index (κ1) is 12.7. The predicted octanol–water partition coefficient (Wildman–Crippen LogP) is 2.86. The van der Waals surface area contributed by atoms with Crippen LogP contribution in [0.4, 0.5) is 5.69 Å². The summed E-state index contributed by atoms with van der Waals surface area (Å²) in [5.41, 5.74) is 1.26. The van der Waals surface area contributed by atoms with Gasteiger partial charge in [-0.05, 0) is 30.3 Å². The maximum absolute atomic E-state index is 12.6. The van der Waals surface area contributed by atoms with Crippen molar-refractivity contribution in [1.82, 2.24) is 0 Å². The molecule has 2 aromatic rings. The van der Waals surface area contributed by atoms with Gasteiger partial charge in [-0.3, -0.25) is 9.59 Å². The molecule has 0 atom stereocenters. The highest BCUT2D eigenvalue weighted by molar-refractivity contribution is 6.34. The van der Waals surface area contributed by atoms with Crippen LogP contribution in [0.3, 0.4) is 0 Å². The molecule has 0 amide bonds. The number of hydrogen-bond donors (Lipinski definition) is 2. The zero-order valence-corrected chi connectivity index (χ0v) is 11.3. The van der Waals surface area contributed by atoms with Gasteiger partial charge in [0.1, 0.15) is 5.75 Å². The van der Waals surface area contributed by atoms with Gasteiger partial charge in [-0.25, -0.2) is 0 Å². The molecular weight excluding hydrogens is 278 g/mol. The summed E-state index contributed by atoms with van der Waals surface area (Å²) >= 11 is 5.88. The van der Waals surface area contributed by atoms with E-state index in [0.717, 1.165) is 0 Å². The Morgan fingerprint density at radius 2 is 1.70 bits per heavy atom. The van der Waals surface area contributed by atoms with Crippen LogP contribution in [-0.4, -0.2) is 23.7 Å². The molecule has 0 radical (unpaired) electrons. The first-order valence-electron chi connectivity index (χ1n) is 5.97. The number of nitrogens with one attached hydrogen (secondary N) is 1. The first-order valence-corrected chi connectivity index (χ1v) is 6.35. The second kappa shape index (κ2) is 4.35. The van der Waals surface area contributed by atoms with Gasteiger partial charge in [0.15, 0.2) is 11.6 Å². The molecule has 4 nitrogen and oxygen atoms in total. The van der Waals surface area contributed by atoms with E-state index < -0.39 is 5.78 Å². The lowest BCUT2D eigenvalue weighted by Gasteiger charge is -2.21. The second-order valence-corrected chi connectivity index (χ2v) is 4.92. The molecule has 0 aliphatic heterocycles. The maximum atomic E-state index is 12.6. The average Bonchev–Trinajstić information content (AvgIpc) is 2.44. The van der Waals surface area contributed by atoms with Crippen LogP contribution in [0.2, 0.25) is 5.02 Å². The second-order valence-electron chi connectivity index (χ2n) is 4.48. The number of anilines is 1. The van der Waals surface area contributed by atoms with Crippen LogP contribution in [0.25, 0.3) is 0 Å². The van der Waals surface area contributed by atoms with Crippen molar-refractivity contribution in [2.24, 2.45) is 0 Å². The van der Waals surface area contributed by atoms with Gasteiger partial charge in [0.2, 0.25) is 0 Å². The summed E-state index contributed by atoms with van der Waals surface area (Å²) in [6.45, 7) is 0. The number of benzene rings is 2. The Labute approximate surface area is 120 Å². The number of carbonyl (C=O) groups excluding carboxylic acids is 2. The quantitative estimate of drug-likeness (QED) is 0.676. The Hall–Kier alpha value is -2.33. The fourth-order valence-electron chi connectivity index (χ4n) is 2.44. The van der Waals surface area contributed by atoms with Gasteiger partial charge in [-0.15, -0.1) is 0 Å². The smallest absolute Gasteiger partial charge is 0.198 e. The van der Waals surface area contributed by atoms with Crippen molar-refractivity contribution in [2.45, 2.75) is 0 Å². The third kappa shape index (κ3) is 1.62. The zero-order valence-electron chi connectivity index (χ0n) is 10.5. The van der Waals surface area contributed by atoms with E-state index in [1.54, 1.807) is 19.2 Å². The van der Waals surface area contributed by atoms with Gasteiger partial charge in [-0.1, -0.05) is 11.6 Å². The van der Waals surface area contributed by atoms with E-state index in [2.05, 4.69) is 5.32 Å². The Bertz CT molecular complexity index is 768. The van der Waals surface area contributed by atoms with Crippen LogP contribution < -0.4 is 5.32 Å². The van der Waals surface area contributed by atoms with E-state index in [0.29, 0.717) is 16.3 Å². The molecule has 2 N–H and O–H groups in total. The molecule has 0 bridgehead atoms. The Kier molecular flexibility index (Phi) is 2.76. The zero-order chi connectivity index (χ0) is 14.4. The molecule has 0 saturated carbocycles. The molecule has 20 heavy (non-hydrogen) atoms. The highest BCUT2D eigenvalue weighted by Crippen LogP contribution is 2.37. The highest BCUT2D eigenvalue weighted by atomic mass is 35.5. The minimum atomic E-state index is -0.397. The van der Waals surface area contributed by atoms with Gasteiger partial charge in [0.25, 0.3) is 0 Å². The fourth-order valence-corrected chi connectivity index (χ4v) is 2.61. The molecule has 100 valence electrons. The van der Waals surface area contributed by atoms with Crippen LogP contribution in [0.15, 0.2) is 30.3 Å². The third-order valence-corrected chi connectivity index (χ3v) is 3.61. The van der Waals surface area contributed by atoms with Crippen molar-refractivity contribution >= 4 is 28.9 Å². The van der Waals surface area contributed by atoms with Crippen LogP contribution in [-0.2, 0) is 0 Å². The van der Waals surface area contributed by atoms with Gasteiger partial charge in [0.05, 0.1) is 11.1 Å². The number of hydrogen-bond acceptors (Lipinski definition) is 4. The van der Waals surface area contributed by atoms with Gasteiger partial charge >= 0.3 is 0 Å². The van der Waals surface area contributed by atoms with Crippen molar-refractivity contribution in [3.8, 4) is 5.75 Å². The monoisotopic (exact) mass is 287 g/mol. The largest absolute Gasteiger partial charge is 0.507 e. The van der Waals surface area contributed by atoms with Crippen molar-refractivity contribution in [3.63, 3.8) is 0 Å². The molecule has 1 aliphatic carbocycles. The molecule has 0 heterocycles. The van der Waals surface area contributed by atoms with Crippen LogP contribution in [0.5, 0.6) is 5.75 Å². The minimum Gasteiger partial charge on any atom is -0.507 e. The number of ketones is 2. The molecule has 1 aliphatic rings. The lowest BCUT2D eigenvalue weighted by atomic mass is 9.82. The number of carbonyl (C=O) groups is 2. The third-order valence-electron chi connectivity index (χ3n) is 3.38. The molecule has 5 heteroatoms. The van der Waals surface area contributed by atoms with E-state index in [1.807, 2.05) is 0 Å². The normalized spacial score (nSPS) is 12.9. The predicted molar refractivity (Wildman–Crippen MR) is 76.0 cm³/mol. The van der Waals surface area contributed by atoms with Crippen LogP contribution in [0.1, 0.15) is 31.8 Å². The summed E-state index contributed by atoms with van der Waals surface area (Å²) in [6, 6.07) is 7.51. The van der Waals surface area contributed by atoms with Gasteiger partial charge in [0, 0.05) is 28.9 Å². The summed E-state index contributed by atoms with van der Waals surface area (Å²) in [5.74, 6) is -0.902. The van der Waals surface area contributed by atoms with Crippen LogP contribution >= 0.6 is 11.6 Å². The van der Waals surface area contributed by atoms with Crippen molar-refractivity contribution in [3.05, 3.63) is 57.6 Å². The Morgan fingerprint density at radius 3 is 2.40 bits per heavy atom. The Morgan fingerprint density at radius 1 is 1.00 bits per heavy atom. The molecule has 0 spiro atoms. The molecule has 2 aromatic carbocycles. The van der Waals surface area contributed by atoms with E-state index in [4.69, 9.17) is 11.6 Å². The number of phenolic OH excluding ortho intramolecular Hbond substituents is 1. The van der Waals surface area contributed by atoms with Crippen LogP contribution in [0, 0.1) is 0 Å². The van der Waals surface area contributed by atoms with Crippen molar-refractivity contribution < 1.29 is 14.7 Å². The van der Waals surface area contributed by atoms with E-state index in [-0.39, 0.29) is 28.2 Å². The van der Waals surface area contributed by atoms with E-state index >= 15 is 0 Å².